The van der Waals surface area contributed by atoms with E-state index in [0.717, 1.165) is 51.4 Å². The average molecular weight is 606 g/mol. The predicted molar refractivity (Wildman–Crippen MR) is 163 cm³/mol. The summed E-state index contributed by atoms with van der Waals surface area (Å²) < 4.78 is 0. The molecule has 2 saturated carbocycles. The van der Waals surface area contributed by atoms with E-state index in [1.165, 1.54) is 4.90 Å². The Morgan fingerprint density at radius 2 is 1.53 bits per heavy atom. The van der Waals surface area contributed by atoms with Gasteiger partial charge in [-0.15, -0.1) is 0 Å². The van der Waals surface area contributed by atoms with Crippen molar-refractivity contribution < 1.29 is 29.1 Å². The number of amides is 4. The van der Waals surface area contributed by atoms with Crippen LogP contribution in [0.2, 0.25) is 0 Å². The molecule has 1 aliphatic heterocycles. The second kappa shape index (κ2) is 15.5. The van der Waals surface area contributed by atoms with E-state index in [2.05, 4.69) is 21.3 Å². The summed E-state index contributed by atoms with van der Waals surface area (Å²) >= 11 is 0. The number of ketones is 1. The van der Waals surface area contributed by atoms with Gasteiger partial charge in [-0.1, -0.05) is 52.9 Å². The lowest BCUT2D eigenvalue weighted by molar-refractivity contribution is -0.146. The summed E-state index contributed by atoms with van der Waals surface area (Å²) in [5, 5.41) is 22.0. The Balaban J connectivity index is 1.85. The summed E-state index contributed by atoms with van der Waals surface area (Å²) in [5.41, 5.74) is -0.679. The highest BCUT2D eigenvalue weighted by Gasteiger charge is 2.41. The summed E-state index contributed by atoms with van der Waals surface area (Å²) in [4.78, 5) is 68.7. The van der Waals surface area contributed by atoms with Gasteiger partial charge in [0.15, 0.2) is 0 Å². The summed E-state index contributed by atoms with van der Waals surface area (Å²) in [6.07, 6.45) is 7.75. The Hall–Kier alpha value is -2.53. The first-order valence-electron chi connectivity index (χ1n) is 16.3. The highest BCUT2D eigenvalue weighted by atomic mass is 16.3. The third kappa shape index (κ3) is 9.73. The number of nitrogens with zero attached hydrogens (tertiary/aromatic N) is 1. The topological polar surface area (TPSA) is 157 Å². The zero-order chi connectivity index (χ0) is 31.9. The van der Waals surface area contributed by atoms with Gasteiger partial charge >= 0.3 is 0 Å². The van der Waals surface area contributed by atoms with Gasteiger partial charge in [0.1, 0.15) is 18.3 Å². The molecule has 0 bridgehead atoms. The Bertz CT molecular complexity index is 1000. The number of aliphatic hydroxyl groups excluding tert-OH is 1. The Labute approximate surface area is 257 Å². The molecule has 244 valence electrons. The van der Waals surface area contributed by atoms with Crippen LogP contribution < -0.4 is 21.3 Å². The second-order valence-electron chi connectivity index (χ2n) is 14.3. The van der Waals surface area contributed by atoms with Crippen LogP contribution in [0, 0.1) is 23.2 Å². The van der Waals surface area contributed by atoms with Crippen LogP contribution >= 0.6 is 0 Å². The van der Waals surface area contributed by atoms with Gasteiger partial charge in [0.05, 0.1) is 6.04 Å². The van der Waals surface area contributed by atoms with Gasteiger partial charge in [-0.2, -0.15) is 0 Å². The molecule has 11 nitrogen and oxygen atoms in total. The molecule has 43 heavy (non-hydrogen) atoms. The van der Waals surface area contributed by atoms with Gasteiger partial charge in [0.2, 0.25) is 23.5 Å². The zero-order valence-corrected chi connectivity index (χ0v) is 27.0. The number of carbonyl (C=O) groups is 5. The lowest BCUT2D eigenvalue weighted by Crippen LogP contribution is -2.60. The van der Waals surface area contributed by atoms with Crippen LogP contribution in [0.15, 0.2) is 0 Å². The number of piperidine rings is 1. The first kappa shape index (κ1) is 35.0. The van der Waals surface area contributed by atoms with Crippen LogP contribution in [-0.2, 0) is 24.0 Å². The Kier molecular flexibility index (Phi) is 12.6. The number of likely N-dealkylation sites (N-methyl/N-ethyl adjacent to an activating group) is 1. The van der Waals surface area contributed by atoms with E-state index in [-0.39, 0.29) is 42.0 Å². The van der Waals surface area contributed by atoms with Crippen LogP contribution in [0.3, 0.4) is 0 Å². The van der Waals surface area contributed by atoms with Crippen LogP contribution in [0.5, 0.6) is 0 Å². The van der Waals surface area contributed by atoms with Crippen molar-refractivity contribution in [1.29, 1.82) is 0 Å². The van der Waals surface area contributed by atoms with Gasteiger partial charge in [0, 0.05) is 24.4 Å². The number of hydrogen-bond donors (Lipinski definition) is 5. The van der Waals surface area contributed by atoms with Crippen LogP contribution in [0.25, 0.3) is 0 Å². The minimum absolute atomic E-state index is 0.0111. The lowest BCUT2D eigenvalue weighted by Gasteiger charge is -2.38. The molecule has 1 heterocycles. The van der Waals surface area contributed by atoms with Crippen LogP contribution in [0.1, 0.15) is 105 Å². The van der Waals surface area contributed by atoms with E-state index < -0.39 is 47.4 Å². The molecule has 2 aliphatic carbocycles. The predicted octanol–water partition coefficient (Wildman–Crippen LogP) is 2.01. The van der Waals surface area contributed by atoms with Gasteiger partial charge in [-0.05, 0) is 70.8 Å². The molecule has 0 aromatic rings. The smallest absolute Gasteiger partial charge is 0.289 e. The molecule has 1 saturated heterocycles. The molecular formula is C32H55N5O6. The maximum absolute atomic E-state index is 14.1. The SMILES string of the molecule is CC(C)NC(=O)C(=O)[C@H](C[C@@H]1CCCNC1O)NC(=O)[C@H](CC1CCC1)N(C)C(=O)[C@H](NC(=O)C(C)(C)C)C1CCCC1. The largest absolute Gasteiger partial charge is 0.378 e. The minimum Gasteiger partial charge on any atom is -0.378 e. The number of hydrogen-bond acceptors (Lipinski definition) is 7. The van der Waals surface area contributed by atoms with Crippen molar-refractivity contribution in [2.24, 2.45) is 23.2 Å². The van der Waals surface area contributed by atoms with Gasteiger partial charge in [-0.3, -0.25) is 29.3 Å². The fourth-order valence-corrected chi connectivity index (χ4v) is 6.37. The maximum atomic E-state index is 14.1. The maximum Gasteiger partial charge on any atom is 0.289 e. The molecule has 3 rings (SSSR count). The average Bonchev–Trinajstić information content (AvgIpc) is 3.44. The molecule has 1 unspecified atom stereocenters. The summed E-state index contributed by atoms with van der Waals surface area (Å²) in [5.74, 6) is -2.64. The number of aliphatic hydroxyl groups is 1. The Morgan fingerprint density at radius 1 is 0.884 bits per heavy atom. The van der Waals surface area contributed by atoms with Gasteiger partial charge in [-0.25, -0.2) is 0 Å². The number of rotatable bonds is 13. The second-order valence-corrected chi connectivity index (χ2v) is 14.3. The number of nitrogens with one attached hydrogen (secondary N) is 4. The van der Waals surface area contributed by atoms with E-state index in [1.807, 2.05) is 0 Å². The molecule has 4 amide bonds. The normalized spacial score (nSPS) is 23.5. The molecule has 3 fully saturated rings. The van der Waals surface area contributed by atoms with E-state index in [1.54, 1.807) is 41.7 Å². The van der Waals surface area contributed by atoms with Crippen molar-refractivity contribution in [2.45, 2.75) is 136 Å². The molecule has 0 aromatic heterocycles. The van der Waals surface area contributed by atoms with Crippen molar-refractivity contribution in [3.63, 3.8) is 0 Å². The molecular weight excluding hydrogens is 550 g/mol. The van der Waals surface area contributed by atoms with Crippen molar-refractivity contribution >= 4 is 29.4 Å². The van der Waals surface area contributed by atoms with Crippen molar-refractivity contribution in [3.05, 3.63) is 0 Å². The first-order valence-corrected chi connectivity index (χ1v) is 16.3. The van der Waals surface area contributed by atoms with Crippen molar-refractivity contribution in [1.82, 2.24) is 26.2 Å². The summed E-state index contributed by atoms with van der Waals surface area (Å²) in [7, 11) is 1.60. The highest BCUT2D eigenvalue weighted by molar-refractivity contribution is 6.38. The fraction of sp³-hybridized carbons (Fsp3) is 0.844. The number of Topliss-reactive ketones (excluding diaryl/α,β-unsaturated/α-hetero) is 1. The molecule has 5 atom stereocenters. The fourth-order valence-electron chi connectivity index (χ4n) is 6.37. The third-order valence-electron chi connectivity index (χ3n) is 9.37. The molecule has 0 spiro atoms. The monoisotopic (exact) mass is 605 g/mol. The van der Waals surface area contributed by atoms with E-state index in [4.69, 9.17) is 0 Å². The van der Waals surface area contributed by atoms with E-state index >= 15 is 0 Å². The molecule has 11 heteroatoms. The van der Waals surface area contributed by atoms with Gasteiger partial charge in [0.25, 0.3) is 5.91 Å². The van der Waals surface area contributed by atoms with Crippen molar-refractivity contribution in [3.8, 4) is 0 Å². The van der Waals surface area contributed by atoms with Gasteiger partial charge < -0.3 is 26.0 Å². The van der Waals surface area contributed by atoms with Crippen LogP contribution in [0.4, 0.5) is 0 Å². The molecule has 5 N–H and O–H groups in total. The standard InChI is InChI=1S/C32H55N5O6/c1-19(2)34-29(41)26(38)23(18-22-15-10-16-33-27(22)39)35-28(40)24(17-20-11-9-12-20)37(6)30(42)25(21-13-7-8-14-21)36-31(43)32(3,4)5/h19-25,27,33,39H,7-18H2,1-6H3,(H,34,41)(H,35,40)(H,36,43)/t22-,23-,24-,25+,27?/m0/s1. The van der Waals surface area contributed by atoms with Crippen LogP contribution in [-0.4, -0.2) is 83.4 Å². The van der Waals surface area contributed by atoms with E-state index in [9.17, 15) is 29.1 Å². The zero-order valence-electron chi connectivity index (χ0n) is 27.0. The number of carbonyl (C=O) groups excluding carboxylic acids is 5. The molecule has 3 aliphatic rings. The first-order chi connectivity index (χ1) is 20.2. The summed E-state index contributed by atoms with van der Waals surface area (Å²) in [6, 6.07) is -3.02. The third-order valence-corrected chi connectivity index (χ3v) is 9.37. The minimum atomic E-state index is -1.15. The Morgan fingerprint density at radius 3 is 2.07 bits per heavy atom. The molecule has 0 aromatic carbocycles. The lowest BCUT2D eigenvalue weighted by atomic mass is 9.80. The molecule has 0 radical (unpaired) electrons. The quantitative estimate of drug-likeness (QED) is 0.201. The summed E-state index contributed by atoms with van der Waals surface area (Å²) in [6.45, 7) is 9.58. The van der Waals surface area contributed by atoms with E-state index in [0.29, 0.717) is 19.4 Å². The van der Waals surface area contributed by atoms with Crippen molar-refractivity contribution in [2.75, 3.05) is 13.6 Å². The highest BCUT2D eigenvalue weighted by Crippen LogP contribution is 2.33.